The normalized spacial score (nSPS) is 20.6. The quantitative estimate of drug-likeness (QED) is 0.688. The first-order valence-corrected chi connectivity index (χ1v) is 6.80. The predicted molar refractivity (Wildman–Crippen MR) is 63.9 cm³/mol. The summed E-state index contributed by atoms with van der Waals surface area (Å²) in [6.07, 6.45) is 4.40. The van der Waals surface area contributed by atoms with Gasteiger partial charge in [0.05, 0.1) is 5.60 Å². The molecule has 0 unspecified atom stereocenters. The monoisotopic (exact) mass is 217 g/mol. The van der Waals surface area contributed by atoms with E-state index in [1.54, 1.807) is 0 Å². The highest BCUT2D eigenvalue weighted by atomic mass is 32.2. The molecule has 0 bridgehead atoms. The van der Waals surface area contributed by atoms with Crippen molar-refractivity contribution in [1.82, 2.24) is 4.90 Å². The molecule has 84 valence electrons. The lowest BCUT2D eigenvalue weighted by Gasteiger charge is -2.28. The maximum atomic E-state index is 10.2. The first kappa shape index (κ1) is 12.3. The zero-order chi connectivity index (χ0) is 10.4. The minimum absolute atomic E-state index is 0.369. The molecule has 0 spiro atoms. The molecule has 0 heterocycles. The highest BCUT2D eigenvalue weighted by Gasteiger charge is 2.31. The fraction of sp³-hybridized carbons (Fsp3) is 1.00. The van der Waals surface area contributed by atoms with Crippen molar-refractivity contribution in [2.75, 3.05) is 31.6 Å². The van der Waals surface area contributed by atoms with Crippen LogP contribution >= 0.6 is 11.8 Å². The van der Waals surface area contributed by atoms with E-state index >= 15 is 0 Å². The maximum Gasteiger partial charge on any atom is 0.0774 e. The van der Waals surface area contributed by atoms with Crippen molar-refractivity contribution in [2.45, 2.75) is 38.2 Å². The Balaban J connectivity index is 2.15. The van der Waals surface area contributed by atoms with E-state index in [1.165, 1.54) is 24.3 Å². The summed E-state index contributed by atoms with van der Waals surface area (Å²) in [6.45, 7) is 4.15. The summed E-state index contributed by atoms with van der Waals surface area (Å²) in [5, 5.41) is 10.2. The Morgan fingerprint density at radius 1 is 1.36 bits per heavy atom. The van der Waals surface area contributed by atoms with Gasteiger partial charge in [0.15, 0.2) is 0 Å². The molecular weight excluding hydrogens is 194 g/mol. The summed E-state index contributed by atoms with van der Waals surface area (Å²) in [7, 11) is 2.12. The van der Waals surface area contributed by atoms with Gasteiger partial charge in [-0.25, -0.2) is 0 Å². The fourth-order valence-electron chi connectivity index (χ4n) is 2.14. The van der Waals surface area contributed by atoms with Crippen molar-refractivity contribution < 1.29 is 5.11 Å². The molecule has 1 N–H and O–H groups in total. The second-order valence-corrected chi connectivity index (χ2v) is 5.76. The lowest BCUT2D eigenvalue weighted by atomic mass is 10.0. The Bertz CT molecular complexity index is 157. The summed E-state index contributed by atoms with van der Waals surface area (Å²) in [5.41, 5.74) is -0.369. The van der Waals surface area contributed by atoms with Gasteiger partial charge in [-0.05, 0) is 25.6 Å². The largest absolute Gasteiger partial charge is 0.389 e. The molecule has 0 aromatic rings. The Morgan fingerprint density at radius 2 is 2.00 bits per heavy atom. The first-order chi connectivity index (χ1) is 6.66. The van der Waals surface area contributed by atoms with E-state index in [9.17, 15) is 5.11 Å². The Kier molecular flexibility index (Phi) is 5.28. The van der Waals surface area contributed by atoms with E-state index in [4.69, 9.17) is 0 Å². The molecule has 0 amide bonds. The van der Waals surface area contributed by atoms with E-state index < -0.39 is 0 Å². The van der Waals surface area contributed by atoms with Gasteiger partial charge in [0.25, 0.3) is 0 Å². The van der Waals surface area contributed by atoms with Gasteiger partial charge in [0, 0.05) is 18.8 Å². The Labute approximate surface area is 92.1 Å². The SMILES string of the molecule is CCSCCN(C)CC1(O)CCCC1. The third-order valence-electron chi connectivity index (χ3n) is 2.92. The second-order valence-electron chi connectivity index (χ2n) is 4.37. The molecule has 14 heavy (non-hydrogen) atoms. The number of likely N-dealkylation sites (N-methyl/N-ethyl adjacent to an activating group) is 1. The molecule has 1 aliphatic carbocycles. The summed E-state index contributed by atoms with van der Waals surface area (Å²) in [4.78, 5) is 2.27. The summed E-state index contributed by atoms with van der Waals surface area (Å²) >= 11 is 1.97. The van der Waals surface area contributed by atoms with Gasteiger partial charge >= 0.3 is 0 Å². The summed E-state index contributed by atoms with van der Waals surface area (Å²) < 4.78 is 0. The molecule has 1 fully saturated rings. The zero-order valence-electron chi connectivity index (χ0n) is 9.46. The van der Waals surface area contributed by atoms with E-state index in [0.717, 1.165) is 25.9 Å². The molecule has 0 aliphatic heterocycles. The van der Waals surface area contributed by atoms with E-state index in [2.05, 4.69) is 18.9 Å². The zero-order valence-corrected chi connectivity index (χ0v) is 10.3. The number of hydrogen-bond donors (Lipinski definition) is 1. The number of aliphatic hydroxyl groups is 1. The van der Waals surface area contributed by atoms with Crippen LogP contribution in [0.1, 0.15) is 32.6 Å². The number of nitrogens with zero attached hydrogens (tertiary/aromatic N) is 1. The minimum Gasteiger partial charge on any atom is -0.389 e. The maximum absolute atomic E-state index is 10.2. The van der Waals surface area contributed by atoms with Gasteiger partial charge in [-0.15, -0.1) is 0 Å². The van der Waals surface area contributed by atoms with Crippen LogP contribution in [0.25, 0.3) is 0 Å². The predicted octanol–water partition coefficient (Wildman–Crippen LogP) is 1.98. The van der Waals surface area contributed by atoms with Crippen LogP contribution in [0.4, 0.5) is 0 Å². The smallest absolute Gasteiger partial charge is 0.0774 e. The van der Waals surface area contributed by atoms with Crippen molar-refractivity contribution in [3.05, 3.63) is 0 Å². The van der Waals surface area contributed by atoms with Crippen molar-refractivity contribution in [2.24, 2.45) is 0 Å². The molecule has 2 nitrogen and oxygen atoms in total. The van der Waals surface area contributed by atoms with Crippen LogP contribution in [-0.2, 0) is 0 Å². The van der Waals surface area contributed by atoms with Gasteiger partial charge in [-0.3, -0.25) is 0 Å². The molecule has 0 radical (unpaired) electrons. The van der Waals surface area contributed by atoms with Gasteiger partial charge in [-0.1, -0.05) is 19.8 Å². The second kappa shape index (κ2) is 5.99. The van der Waals surface area contributed by atoms with Crippen molar-refractivity contribution in [3.8, 4) is 0 Å². The molecule has 0 saturated heterocycles. The van der Waals surface area contributed by atoms with Gasteiger partial charge in [0.1, 0.15) is 0 Å². The van der Waals surface area contributed by atoms with Crippen LogP contribution in [0.15, 0.2) is 0 Å². The van der Waals surface area contributed by atoms with Crippen molar-refractivity contribution in [3.63, 3.8) is 0 Å². The number of hydrogen-bond acceptors (Lipinski definition) is 3. The Morgan fingerprint density at radius 3 is 2.57 bits per heavy atom. The van der Waals surface area contributed by atoms with Gasteiger partial charge < -0.3 is 10.0 Å². The molecular formula is C11H23NOS. The molecule has 0 atom stereocenters. The van der Waals surface area contributed by atoms with Crippen LogP contribution in [0.2, 0.25) is 0 Å². The van der Waals surface area contributed by atoms with E-state index in [-0.39, 0.29) is 5.60 Å². The van der Waals surface area contributed by atoms with Crippen molar-refractivity contribution in [1.29, 1.82) is 0 Å². The Hall–Kier alpha value is 0.270. The fourth-order valence-corrected chi connectivity index (χ4v) is 2.87. The number of thioether (sulfide) groups is 1. The molecule has 0 aromatic heterocycles. The average molecular weight is 217 g/mol. The highest BCUT2D eigenvalue weighted by molar-refractivity contribution is 7.99. The van der Waals surface area contributed by atoms with Gasteiger partial charge in [-0.2, -0.15) is 11.8 Å². The summed E-state index contributed by atoms with van der Waals surface area (Å²) in [5.74, 6) is 2.38. The summed E-state index contributed by atoms with van der Waals surface area (Å²) in [6, 6.07) is 0. The third-order valence-corrected chi connectivity index (χ3v) is 3.80. The van der Waals surface area contributed by atoms with Gasteiger partial charge in [0.2, 0.25) is 0 Å². The minimum atomic E-state index is -0.369. The number of rotatable bonds is 6. The molecule has 1 aliphatic rings. The molecule has 3 heteroatoms. The lowest BCUT2D eigenvalue weighted by molar-refractivity contribution is 0.0180. The van der Waals surface area contributed by atoms with Crippen molar-refractivity contribution >= 4 is 11.8 Å². The topological polar surface area (TPSA) is 23.5 Å². The van der Waals surface area contributed by atoms with E-state index in [1.807, 2.05) is 11.8 Å². The standard InChI is InChI=1S/C11H23NOS/c1-3-14-9-8-12(2)10-11(13)6-4-5-7-11/h13H,3-10H2,1-2H3. The van der Waals surface area contributed by atoms with Crippen LogP contribution in [0, 0.1) is 0 Å². The third kappa shape index (κ3) is 4.20. The van der Waals surface area contributed by atoms with Crippen LogP contribution in [-0.4, -0.2) is 47.3 Å². The molecule has 1 saturated carbocycles. The molecule has 0 aromatic carbocycles. The van der Waals surface area contributed by atoms with Crippen LogP contribution in [0.3, 0.4) is 0 Å². The van der Waals surface area contributed by atoms with Crippen LogP contribution in [0.5, 0.6) is 0 Å². The van der Waals surface area contributed by atoms with Crippen LogP contribution < -0.4 is 0 Å². The lowest BCUT2D eigenvalue weighted by Crippen LogP contribution is -2.40. The first-order valence-electron chi connectivity index (χ1n) is 5.65. The average Bonchev–Trinajstić information content (AvgIpc) is 2.52. The highest BCUT2D eigenvalue weighted by Crippen LogP contribution is 2.29. The van der Waals surface area contributed by atoms with E-state index in [0.29, 0.717) is 0 Å². The molecule has 1 rings (SSSR count).